The molecule has 1 aromatic carbocycles. The zero-order valence-corrected chi connectivity index (χ0v) is 12.7. The molecular weight excluding hydrogens is 244 g/mol. The molecule has 110 valence electrons. The van der Waals surface area contributed by atoms with Crippen molar-refractivity contribution in [3.8, 4) is 0 Å². The maximum atomic E-state index is 6.43. The van der Waals surface area contributed by atoms with Crippen molar-refractivity contribution in [1.82, 2.24) is 0 Å². The summed E-state index contributed by atoms with van der Waals surface area (Å²) in [5, 5.41) is 0. The van der Waals surface area contributed by atoms with Gasteiger partial charge in [0.2, 0.25) is 0 Å². The number of para-hydroxylation sites is 1. The molecule has 0 radical (unpaired) electrons. The smallest absolute Gasteiger partial charge is 0.0401 e. The second-order valence-corrected chi connectivity index (χ2v) is 6.73. The van der Waals surface area contributed by atoms with Crippen LogP contribution in [0.1, 0.15) is 51.0 Å². The molecular formula is C18H28N2. The fourth-order valence-corrected chi connectivity index (χ4v) is 3.93. The second-order valence-electron chi connectivity index (χ2n) is 6.73. The van der Waals surface area contributed by atoms with Crippen molar-refractivity contribution in [1.29, 1.82) is 0 Å². The molecule has 2 N–H and O–H groups in total. The summed E-state index contributed by atoms with van der Waals surface area (Å²) >= 11 is 0. The van der Waals surface area contributed by atoms with Gasteiger partial charge in [-0.3, -0.25) is 0 Å². The van der Waals surface area contributed by atoms with E-state index in [1.807, 2.05) is 0 Å². The van der Waals surface area contributed by atoms with Crippen molar-refractivity contribution in [3.63, 3.8) is 0 Å². The predicted molar refractivity (Wildman–Crippen MR) is 86.1 cm³/mol. The van der Waals surface area contributed by atoms with E-state index in [1.165, 1.54) is 56.2 Å². The maximum Gasteiger partial charge on any atom is 0.0401 e. The lowest BCUT2D eigenvalue weighted by atomic mass is 9.91. The highest BCUT2D eigenvalue weighted by atomic mass is 15.2. The van der Waals surface area contributed by atoms with Gasteiger partial charge in [-0.15, -0.1) is 0 Å². The largest absolute Gasteiger partial charge is 0.368 e. The molecule has 2 nitrogen and oxygen atoms in total. The molecule has 0 amide bonds. The van der Waals surface area contributed by atoms with E-state index < -0.39 is 0 Å². The van der Waals surface area contributed by atoms with Gasteiger partial charge in [0, 0.05) is 24.3 Å². The summed E-state index contributed by atoms with van der Waals surface area (Å²) in [6.07, 6.45) is 9.09. The first-order chi connectivity index (χ1) is 9.75. The Morgan fingerprint density at radius 2 is 1.90 bits per heavy atom. The van der Waals surface area contributed by atoms with Gasteiger partial charge in [0.25, 0.3) is 0 Å². The third-order valence-electron chi connectivity index (χ3n) is 5.31. The van der Waals surface area contributed by atoms with Crippen LogP contribution in [0.15, 0.2) is 24.3 Å². The average Bonchev–Trinajstić information content (AvgIpc) is 2.67. The van der Waals surface area contributed by atoms with Crippen LogP contribution in [0.3, 0.4) is 0 Å². The standard InChI is InChI=1S/C18H28N2/c1-14-11-12-15-7-5-6-10-18(15)20(14)13-16-8-3-2-4-9-17(16)19/h5-7,10,14,16-17H,2-4,8-9,11-13,19H2,1H3. The normalized spacial score (nSPS) is 30.7. The summed E-state index contributed by atoms with van der Waals surface area (Å²) < 4.78 is 0. The van der Waals surface area contributed by atoms with Crippen LogP contribution in [0.5, 0.6) is 0 Å². The third kappa shape index (κ3) is 2.85. The van der Waals surface area contributed by atoms with Crippen molar-refractivity contribution in [3.05, 3.63) is 29.8 Å². The van der Waals surface area contributed by atoms with E-state index in [-0.39, 0.29) is 0 Å². The lowest BCUT2D eigenvalue weighted by molar-refractivity contribution is 0.378. The van der Waals surface area contributed by atoms with Gasteiger partial charge in [-0.1, -0.05) is 37.5 Å². The summed E-state index contributed by atoms with van der Waals surface area (Å²) in [5.41, 5.74) is 9.42. The molecule has 1 aromatic rings. The van der Waals surface area contributed by atoms with Crippen LogP contribution >= 0.6 is 0 Å². The van der Waals surface area contributed by atoms with E-state index in [0.29, 0.717) is 18.0 Å². The minimum absolute atomic E-state index is 0.402. The molecule has 1 aliphatic carbocycles. The monoisotopic (exact) mass is 272 g/mol. The molecule has 3 unspecified atom stereocenters. The van der Waals surface area contributed by atoms with Gasteiger partial charge in [-0.25, -0.2) is 0 Å². The minimum Gasteiger partial charge on any atom is -0.368 e. The van der Waals surface area contributed by atoms with Crippen molar-refractivity contribution in [2.24, 2.45) is 11.7 Å². The fraction of sp³-hybridized carbons (Fsp3) is 0.667. The Labute approximate surface area is 123 Å². The van der Waals surface area contributed by atoms with Gasteiger partial charge in [-0.2, -0.15) is 0 Å². The van der Waals surface area contributed by atoms with Crippen LogP contribution in [0.25, 0.3) is 0 Å². The number of hydrogen-bond donors (Lipinski definition) is 1. The molecule has 0 bridgehead atoms. The lowest BCUT2D eigenvalue weighted by Crippen LogP contribution is -2.44. The van der Waals surface area contributed by atoms with E-state index in [0.717, 1.165) is 6.54 Å². The first-order valence-electron chi connectivity index (χ1n) is 8.36. The molecule has 1 aliphatic heterocycles. The maximum absolute atomic E-state index is 6.43. The quantitative estimate of drug-likeness (QED) is 0.831. The fourth-order valence-electron chi connectivity index (χ4n) is 3.93. The molecule has 0 saturated heterocycles. The topological polar surface area (TPSA) is 29.3 Å². The zero-order chi connectivity index (χ0) is 13.9. The lowest BCUT2D eigenvalue weighted by Gasteiger charge is -2.40. The van der Waals surface area contributed by atoms with E-state index >= 15 is 0 Å². The van der Waals surface area contributed by atoms with Gasteiger partial charge in [-0.05, 0) is 50.2 Å². The van der Waals surface area contributed by atoms with E-state index in [4.69, 9.17) is 5.73 Å². The number of anilines is 1. The third-order valence-corrected chi connectivity index (χ3v) is 5.31. The summed E-state index contributed by atoms with van der Waals surface area (Å²) in [5.74, 6) is 0.672. The van der Waals surface area contributed by atoms with Gasteiger partial charge in [0.15, 0.2) is 0 Å². The van der Waals surface area contributed by atoms with E-state index in [2.05, 4.69) is 36.1 Å². The predicted octanol–water partition coefficient (Wildman–Crippen LogP) is 3.74. The highest BCUT2D eigenvalue weighted by Gasteiger charge is 2.28. The molecule has 3 rings (SSSR count). The van der Waals surface area contributed by atoms with Crippen LogP contribution in [0.4, 0.5) is 5.69 Å². The number of hydrogen-bond acceptors (Lipinski definition) is 2. The molecule has 0 spiro atoms. The van der Waals surface area contributed by atoms with Crippen LogP contribution in [-0.2, 0) is 6.42 Å². The van der Waals surface area contributed by atoms with Gasteiger partial charge >= 0.3 is 0 Å². The highest BCUT2D eigenvalue weighted by Crippen LogP contribution is 2.33. The van der Waals surface area contributed by atoms with Crippen LogP contribution in [0, 0.1) is 5.92 Å². The van der Waals surface area contributed by atoms with E-state index in [9.17, 15) is 0 Å². The Bertz CT molecular complexity index is 443. The highest BCUT2D eigenvalue weighted by molar-refractivity contribution is 5.56. The molecule has 0 aromatic heterocycles. The van der Waals surface area contributed by atoms with Crippen molar-refractivity contribution in [2.45, 2.75) is 64.0 Å². The summed E-state index contributed by atoms with van der Waals surface area (Å²) in [7, 11) is 0. The number of fused-ring (bicyclic) bond motifs is 1. The molecule has 1 saturated carbocycles. The second kappa shape index (κ2) is 6.17. The molecule has 3 atom stereocenters. The van der Waals surface area contributed by atoms with Crippen molar-refractivity contribution < 1.29 is 0 Å². The number of nitrogens with zero attached hydrogens (tertiary/aromatic N) is 1. The summed E-state index contributed by atoms with van der Waals surface area (Å²) in [6.45, 7) is 3.53. The van der Waals surface area contributed by atoms with Crippen molar-refractivity contribution in [2.75, 3.05) is 11.4 Å². The van der Waals surface area contributed by atoms with Gasteiger partial charge in [0.1, 0.15) is 0 Å². The number of aryl methyl sites for hydroxylation is 1. The van der Waals surface area contributed by atoms with Crippen LogP contribution in [0.2, 0.25) is 0 Å². The number of nitrogens with two attached hydrogens (primary N) is 1. The summed E-state index contributed by atoms with van der Waals surface area (Å²) in [4.78, 5) is 2.63. The van der Waals surface area contributed by atoms with E-state index in [1.54, 1.807) is 0 Å². The molecule has 1 fully saturated rings. The van der Waals surface area contributed by atoms with Gasteiger partial charge < -0.3 is 10.6 Å². The SMILES string of the molecule is CC1CCc2ccccc2N1CC1CCCCCC1N. The Morgan fingerprint density at radius 1 is 1.10 bits per heavy atom. The number of benzene rings is 1. The molecule has 2 aliphatic rings. The number of rotatable bonds is 2. The Morgan fingerprint density at radius 3 is 2.80 bits per heavy atom. The molecule has 20 heavy (non-hydrogen) atoms. The molecule has 1 heterocycles. The van der Waals surface area contributed by atoms with Gasteiger partial charge in [0.05, 0.1) is 0 Å². The average molecular weight is 272 g/mol. The summed E-state index contributed by atoms with van der Waals surface area (Å²) in [6, 6.07) is 9.99. The van der Waals surface area contributed by atoms with Crippen LogP contribution in [-0.4, -0.2) is 18.6 Å². The first-order valence-corrected chi connectivity index (χ1v) is 8.36. The zero-order valence-electron chi connectivity index (χ0n) is 12.7. The molecule has 2 heteroatoms. The Kier molecular flexibility index (Phi) is 4.30. The Balaban J connectivity index is 1.78. The van der Waals surface area contributed by atoms with Crippen molar-refractivity contribution >= 4 is 5.69 Å². The Hall–Kier alpha value is -1.02. The first kappa shape index (κ1) is 13.9. The minimum atomic E-state index is 0.402. The van der Waals surface area contributed by atoms with Crippen LogP contribution < -0.4 is 10.6 Å².